The van der Waals surface area contributed by atoms with Crippen LogP contribution in [0.5, 0.6) is 5.75 Å². The number of aliphatic carboxylic acids is 1. The molecule has 0 bridgehead atoms. The summed E-state index contributed by atoms with van der Waals surface area (Å²) in [5, 5.41) is 8.63. The minimum absolute atomic E-state index is 0.0121. The van der Waals surface area contributed by atoms with Gasteiger partial charge in [0.2, 0.25) is 0 Å². The highest BCUT2D eigenvalue weighted by atomic mass is 19.1. The standard InChI is InChI=1S/C21H23FO4/c1-13(2)26-17-7-8-20(22)19(11-17)15-5-3-14(4-6-15)16-9-18(10-16)25-12-21(23)24/h3-8,11,13,16,18H,9-10,12H2,1-2H3,(H,23,24). The Kier molecular flexibility index (Phi) is 5.57. The number of carbonyl (C=O) groups is 1. The molecule has 3 rings (SSSR count). The smallest absolute Gasteiger partial charge is 0.329 e. The second-order valence-electron chi connectivity index (χ2n) is 6.93. The Hall–Kier alpha value is -2.40. The van der Waals surface area contributed by atoms with Crippen molar-refractivity contribution in [1.29, 1.82) is 0 Å². The lowest BCUT2D eigenvalue weighted by atomic mass is 9.77. The van der Waals surface area contributed by atoms with Gasteiger partial charge in [-0.1, -0.05) is 24.3 Å². The summed E-state index contributed by atoms with van der Waals surface area (Å²) >= 11 is 0. The highest BCUT2D eigenvalue weighted by Crippen LogP contribution is 2.39. The third-order valence-corrected chi connectivity index (χ3v) is 4.54. The first kappa shape index (κ1) is 18.4. The van der Waals surface area contributed by atoms with E-state index in [1.165, 1.54) is 11.6 Å². The van der Waals surface area contributed by atoms with Gasteiger partial charge < -0.3 is 14.6 Å². The van der Waals surface area contributed by atoms with Crippen molar-refractivity contribution in [3.05, 3.63) is 53.8 Å². The minimum Gasteiger partial charge on any atom is -0.491 e. The van der Waals surface area contributed by atoms with Gasteiger partial charge in [0.15, 0.2) is 0 Å². The number of hydrogen-bond acceptors (Lipinski definition) is 3. The van der Waals surface area contributed by atoms with Crippen LogP contribution in [-0.2, 0) is 9.53 Å². The number of hydrogen-bond donors (Lipinski definition) is 1. The van der Waals surface area contributed by atoms with Crippen molar-refractivity contribution >= 4 is 5.97 Å². The molecule has 1 saturated carbocycles. The zero-order chi connectivity index (χ0) is 18.7. The number of carboxylic acids is 1. The summed E-state index contributed by atoms with van der Waals surface area (Å²) < 4.78 is 25.1. The molecule has 1 aliphatic carbocycles. The third-order valence-electron chi connectivity index (χ3n) is 4.54. The highest BCUT2D eigenvalue weighted by Gasteiger charge is 2.31. The summed E-state index contributed by atoms with van der Waals surface area (Å²) in [6.45, 7) is 3.62. The van der Waals surface area contributed by atoms with E-state index in [2.05, 4.69) is 0 Å². The van der Waals surface area contributed by atoms with E-state index in [0.29, 0.717) is 17.2 Å². The second kappa shape index (κ2) is 7.87. The lowest BCUT2D eigenvalue weighted by Gasteiger charge is -2.35. The largest absolute Gasteiger partial charge is 0.491 e. The first-order chi connectivity index (χ1) is 12.4. The van der Waals surface area contributed by atoms with Crippen molar-refractivity contribution in [2.75, 3.05) is 6.61 Å². The molecule has 1 fully saturated rings. The molecule has 2 aromatic carbocycles. The van der Waals surface area contributed by atoms with E-state index in [4.69, 9.17) is 14.6 Å². The number of rotatable bonds is 7. The fourth-order valence-electron chi connectivity index (χ4n) is 3.17. The summed E-state index contributed by atoms with van der Waals surface area (Å²) in [5.74, 6) is -0.204. The summed E-state index contributed by atoms with van der Waals surface area (Å²) in [4.78, 5) is 10.5. The van der Waals surface area contributed by atoms with Crippen molar-refractivity contribution in [1.82, 2.24) is 0 Å². The third kappa shape index (κ3) is 4.41. The van der Waals surface area contributed by atoms with Crippen molar-refractivity contribution in [3.63, 3.8) is 0 Å². The van der Waals surface area contributed by atoms with Crippen molar-refractivity contribution in [2.45, 2.75) is 44.8 Å². The lowest BCUT2D eigenvalue weighted by Crippen LogP contribution is -2.31. The molecule has 138 valence electrons. The van der Waals surface area contributed by atoms with Crippen LogP contribution in [0.2, 0.25) is 0 Å². The van der Waals surface area contributed by atoms with E-state index >= 15 is 0 Å². The number of carboxylic acid groups (broad SMARTS) is 1. The van der Waals surface area contributed by atoms with Crippen LogP contribution in [0.15, 0.2) is 42.5 Å². The Morgan fingerprint density at radius 2 is 1.88 bits per heavy atom. The minimum atomic E-state index is -0.941. The van der Waals surface area contributed by atoms with Gasteiger partial charge in [-0.3, -0.25) is 0 Å². The van der Waals surface area contributed by atoms with E-state index in [1.807, 2.05) is 38.1 Å². The van der Waals surface area contributed by atoms with E-state index in [9.17, 15) is 9.18 Å². The molecule has 1 N–H and O–H groups in total. The van der Waals surface area contributed by atoms with E-state index in [0.717, 1.165) is 18.4 Å². The van der Waals surface area contributed by atoms with Gasteiger partial charge in [0.1, 0.15) is 18.2 Å². The van der Waals surface area contributed by atoms with Crippen LogP contribution in [0.1, 0.15) is 38.2 Å². The second-order valence-corrected chi connectivity index (χ2v) is 6.93. The molecule has 4 nitrogen and oxygen atoms in total. The molecule has 0 atom stereocenters. The van der Waals surface area contributed by atoms with Crippen LogP contribution in [0.4, 0.5) is 4.39 Å². The van der Waals surface area contributed by atoms with Crippen LogP contribution < -0.4 is 4.74 Å². The van der Waals surface area contributed by atoms with Crippen molar-refractivity contribution in [3.8, 4) is 16.9 Å². The molecular weight excluding hydrogens is 335 g/mol. The fraction of sp³-hybridized carbons (Fsp3) is 0.381. The maximum Gasteiger partial charge on any atom is 0.329 e. The Bertz CT molecular complexity index is 764. The molecule has 0 aromatic heterocycles. The average Bonchev–Trinajstić information content (AvgIpc) is 2.55. The molecular formula is C21H23FO4. The number of ether oxygens (including phenoxy) is 2. The SMILES string of the molecule is CC(C)Oc1ccc(F)c(-c2ccc(C3CC(OCC(=O)O)C3)cc2)c1. The van der Waals surface area contributed by atoms with E-state index in [1.54, 1.807) is 12.1 Å². The van der Waals surface area contributed by atoms with Gasteiger partial charge in [-0.05, 0) is 61.9 Å². The zero-order valence-corrected chi connectivity index (χ0v) is 14.9. The maximum atomic E-state index is 14.2. The van der Waals surface area contributed by atoms with Crippen molar-refractivity contribution in [2.24, 2.45) is 0 Å². The quantitative estimate of drug-likeness (QED) is 0.784. The molecule has 0 unspecified atom stereocenters. The fourth-order valence-corrected chi connectivity index (χ4v) is 3.17. The highest BCUT2D eigenvalue weighted by molar-refractivity contribution is 5.68. The van der Waals surface area contributed by atoms with Crippen LogP contribution >= 0.6 is 0 Å². The van der Waals surface area contributed by atoms with Gasteiger partial charge in [0.05, 0.1) is 12.2 Å². The monoisotopic (exact) mass is 358 g/mol. The first-order valence-corrected chi connectivity index (χ1v) is 8.82. The van der Waals surface area contributed by atoms with Crippen LogP contribution in [-0.4, -0.2) is 29.9 Å². The Balaban J connectivity index is 1.66. The van der Waals surface area contributed by atoms with Gasteiger partial charge in [0.25, 0.3) is 0 Å². The molecule has 5 heteroatoms. The van der Waals surface area contributed by atoms with Crippen LogP contribution in [0, 0.1) is 5.82 Å². The topological polar surface area (TPSA) is 55.8 Å². The Morgan fingerprint density at radius 1 is 1.19 bits per heavy atom. The molecule has 0 amide bonds. The average molecular weight is 358 g/mol. The van der Waals surface area contributed by atoms with Gasteiger partial charge in [-0.2, -0.15) is 0 Å². The summed E-state index contributed by atoms with van der Waals surface area (Å²) in [7, 11) is 0. The lowest BCUT2D eigenvalue weighted by molar-refractivity contribution is -0.146. The summed E-state index contributed by atoms with van der Waals surface area (Å²) in [5.41, 5.74) is 2.49. The van der Waals surface area contributed by atoms with Crippen LogP contribution in [0.25, 0.3) is 11.1 Å². The number of halogens is 1. The zero-order valence-electron chi connectivity index (χ0n) is 14.9. The molecule has 1 aliphatic rings. The molecule has 0 saturated heterocycles. The Labute approximate surface area is 152 Å². The van der Waals surface area contributed by atoms with Crippen LogP contribution in [0.3, 0.4) is 0 Å². The van der Waals surface area contributed by atoms with Gasteiger partial charge >= 0.3 is 5.97 Å². The molecule has 0 aliphatic heterocycles. The molecule has 26 heavy (non-hydrogen) atoms. The predicted molar refractivity (Wildman–Crippen MR) is 97.0 cm³/mol. The molecule has 0 heterocycles. The summed E-state index contributed by atoms with van der Waals surface area (Å²) in [6, 6.07) is 12.6. The van der Waals surface area contributed by atoms with E-state index < -0.39 is 5.97 Å². The normalized spacial score (nSPS) is 19.2. The van der Waals surface area contributed by atoms with Crippen molar-refractivity contribution < 1.29 is 23.8 Å². The molecule has 0 spiro atoms. The maximum absolute atomic E-state index is 14.2. The van der Waals surface area contributed by atoms with Gasteiger partial charge in [-0.25, -0.2) is 9.18 Å². The Morgan fingerprint density at radius 3 is 2.50 bits per heavy atom. The van der Waals surface area contributed by atoms with Gasteiger partial charge in [-0.15, -0.1) is 0 Å². The molecule has 2 aromatic rings. The first-order valence-electron chi connectivity index (χ1n) is 8.82. The van der Waals surface area contributed by atoms with E-state index in [-0.39, 0.29) is 24.6 Å². The summed E-state index contributed by atoms with van der Waals surface area (Å²) in [6.07, 6.45) is 1.68. The number of benzene rings is 2. The van der Waals surface area contributed by atoms with Gasteiger partial charge in [0, 0.05) is 5.56 Å². The molecule has 0 radical (unpaired) electrons. The predicted octanol–water partition coefficient (Wildman–Crippen LogP) is 4.63.